The molecule has 1 heterocycles. The molecule has 0 fully saturated rings. The molecular weight excluding hydrogens is 248 g/mol. The normalized spacial score (nSPS) is 18.7. The van der Waals surface area contributed by atoms with Crippen molar-refractivity contribution >= 4 is 17.5 Å². The van der Waals surface area contributed by atoms with Gasteiger partial charge in [0.2, 0.25) is 5.16 Å². The molecule has 0 saturated carbocycles. The standard InChI is InChI=1S/C12H12N4OS/c1-16-12(13-14-15-16)18-10-7-6-8-4-2-3-5-9(8)11(10)17/h2-5,10H,6-7H2,1H3. The van der Waals surface area contributed by atoms with Crippen molar-refractivity contribution in [1.82, 2.24) is 20.2 Å². The van der Waals surface area contributed by atoms with Crippen LogP contribution in [0.25, 0.3) is 0 Å². The lowest BCUT2D eigenvalue weighted by Gasteiger charge is -2.21. The molecule has 5 nitrogen and oxygen atoms in total. The number of hydrogen-bond donors (Lipinski definition) is 0. The van der Waals surface area contributed by atoms with Crippen LogP contribution in [0, 0.1) is 0 Å². The van der Waals surface area contributed by atoms with Gasteiger partial charge in [-0.1, -0.05) is 36.0 Å². The molecule has 1 aliphatic rings. The number of carbonyl (C=O) groups excluding carboxylic acids is 1. The minimum absolute atomic E-state index is 0.0791. The van der Waals surface area contributed by atoms with Crippen LogP contribution in [0.15, 0.2) is 29.4 Å². The van der Waals surface area contributed by atoms with Gasteiger partial charge in [0.05, 0.1) is 5.25 Å². The summed E-state index contributed by atoms with van der Waals surface area (Å²) in [5, 5.41) is 11.9. The molecule has 1 aromatic carbocycles. The molecule has 1 aliphatic carbocycles. The van der Waals surface area contributed by atoms with Gasteiger partial charge >= 0.3 is 0 Å². The first-order valence-electron chi connectivity index (χ1n) is 5.77. The summed E-state index contributed by atoms with van der Waals surface area (Å²) < 4.78 is 1.60. The third kappa shape index (κ3) is 1.92. The number of thioether (sulfide) groups is 1. The Kier molecular flexibility index (Phi) is 2.87. The average Bonchev–Trinajstić information content (AvgIpc) is 2.79. The molecule has 0 saturated heterocycles. The van der Waals surface area contributed by atoms with E-state index >= 15 is 0 Å². The second-order valence-electron chi connectivity index (χ2n) is 4.25. The molecule has 1 unspecified atom stereocenters. The van der Waals surface area contributed by atoms with Crippen LogP contribution < -0.4 is 0 Å². The van der Waals surface area contributed by atoms with Crippen molar-refractivity contribution in [2.45, 2.75) is 23.2 Å². The summed E-state index contributed by atoms with van der Waals surface area (Å²) in [4.78, 5) is 12.4. The van der Waals surface area contributed by atoms with Crippen LogP contribution in [0.4, 0.5) is 0 Å². The Morgan fingerprint density at radius 3 is 3.00 bits per heavy atom. The van der Waals surface area contributed by atoms with Gasteiger partial charge in [0.15, 0.2) is 5.78 Å². The van der Waals surface area contributed by atoms with Crippen molar-refractivity contribution < 1.29 is 4.79 Å². The maximum absolute atomic E-state index is 12.4. The van der Waals surface area contributed by atoms with Crippen LogP contribution >= 0.6 is 11.8 Å². The number of hydrogen-bond acceptors (Lipinski definition) is 5. The summed E-state index contributed by atoms with van der Waals surface area (Å²) in [6.45, 7) is 0. The van der Waals surface area contributed by atoms with E-state index in [2.05, 4.69) is 15.5 Å². The predicted octanol–water partition coefficient (Wildman–Crippen LogP) is 1.50. The van der Waals surface area contributed by atoms with E-state index in [4.69, 9.17) is 0 Å². The van der Waals surface area contributed by atoms with Gasteiger partial charge in [0, 0.05) is 12.6 Å². The summed E-state index contributed by atoms with van der Waals surface area (Å²) in [7, 11) is 1.78. The highest BCUT2D eigenvalue weighted by Gasteiger charge is 2.29. The molecule has 92 valence electrons. The average molecular weight is 260 g/mol. The van der Waals surface area contributed by atoms with E-state index in [0.717, 1.165) is 24.0 Å². The van der Waals surface area contributed by atoms with Crippen molar-refractivity contribution in [1.29, 1.82) is 0 Å². The summed E-state index contributed by atoms with van der Waals surface area (Å²) in [5.74, 6) is 0.185. The zero-order valence-electron chi connectivity index (χ0n) is 9.91. The van der Waals surface area contributed by atoms with Gasteiger partial charge in [0.1, 0.15) is 0 Å². The number of tetrazole rings is 1. The third-order valence-corrected chi connectivity index (χ3v) is 4.37. The monoisotopic (exact) mass is 260 g/mol. The van der Waals surface area contributed by atoms with Gasteiger partial charge in [0.25, 0.3) is 0 Å². The minimum Gasteiger partial charge on any atom is -0.293 e. The Hall–Kier alpha value is -1.69. The summed E-state index contributed by atoms with van der Waals surface area (Å²) in [6, 6.07) is 7.82. The smallest absolute Gasteiger partial charge is 0.209 e. The molecule has 1 aromatic heterocycles. The van der Waals surface area contributed by atoms with E-state index in [0.29, 0.717) is 5.16 Å². The van der Waals surface area contributed by atoms with Crippen molar-refractivity contribution in [2.24, 2.45) is 7.05 Å². The molecule has 6 heteroatoms. The number of aryl methyl sites for hydroxylation is 2. The summed E-state index contributed by atoms with van der Waals surface area (Å²) in [5.41, 5.74) is 1.99. The quantitative estimate of drug-likeness (QED) is 0.819. The third-order valence-electron chi connectivity index (χ3n) is 3.08. The van der Waals surface area contributed by atoms with Crippen LogP contribution in [-0.4, -0.2) is 31.2 Å². The van der Waals surface area contributed by atoms with E-state index in [9.17, 15) is 4.79 Å². The fraction of sp³-hybridized carbons (Fsp3) is 0.333. The molecule has 2 aromatic rings. The number of rotatable bonds is 2. The molecule has 0 spiro atoms. The number of ketones is 1. The Balaban J connectivity index is 1.85. The molecular formula is C12H12N4OS. The first-order valence-corrected chi connectivity index (χ1v) is 6.65. The number of nitrogens with zero attached hydrogens (tertiary/aromatic N) is 4. The highest BCUT2D eigenvalue weighted by molar-refractivity contribution is 8.00. The molecule has 0 bridgehead atoms. The minimum atomic E-state index is -0.0791. The molecule has 3 rings (SSSR count). The number of aromatic nitrogens is 4. The lowest BCUT2D eigenvalue weighted by Crippen LogP contribution is -2.25. The fourth-order valence-corrected chi connectivity index (χ4v) is 3.13. The van der Waals surface area contributed by atoms with E-state index in [1.54, 1.807) is 11.7 Å². The SMILES string of the molecule is Cn1nnnc1SC1CCc2ccccc2C1=O. The Morgan fingerprint density at radius 2 is 2.22 bits per heavy atom. The van der Waals surface area contributed by atoms with Gasteiger partial charge in [-0.15, -0.1) is 5.10 Å². The highest BCUT2D eigenvalue weighted by Crippen LogP contribution is 2.31. The summed E-state index contributed by atoms with van der Waals surface area (Å²) in [6.07, 6.45) is 1.78. The molecule has 18 heavy (non-hydrogen) atoms. The van der Waals surface area contributed by atoms with Crippen molar-refractivity contribution in [3.63, 3.8) is 0 Å². The van der Waals surface area contributed by atoms with E-state index in [1.165, 1.54) is 11.8 Å². The Labute approximate surface area is 109 Å². The van der Waals surface area contributed by atoms with Crippen LogP contribution in [-0.2, 0) is 13.5 Å². The molecule has 1 atom stereocenters. The van der Waals surface area contributed by atoms with Crippen LogP contribution in [0.5, 0.6) is 0 Å². The maximum Gasteiger partial charge on any atom is 0.209 e. The number of Topliss-reactive ketones (excluding diaryl/α,β-unsaturated/α-hetero) is 1. The molecule has 0 amide bonds. The fourth-order valence-electron chi connectivity index (χ4n) is 2.13. The zero-order valence-corrected chi connectivity index (χ0v) is 10.7. The van der Waals surface area contributed by atoms with E-state index in [-0.39, 0.29) is 11.0 Å². The van der Waals surface area contributed by atoms with Gasteiger partial charge in [-0.25, -0.2) is 4.68 Å². The lowest BCUT2D eigenvalue weighted by molar-refractivity contribution is 0.0979. The van der Waals surface area contributed by atoms with Crippen molar-refractivity contribution in [3.8, 4) is 0 Å². The van der Waals surface area contributed by atoms with Gasteiger partial charge in [-0.05, 0) is 28.8 Å². The number of fused-ring (bicyclic) bond motifs is 1. The van der Waals surface area contributed by atoms with Crippen LogP contribution in [0.3, 0.4) is 0 Å². The van der Waals surface area contributed by atoms with Crippen LogP contribution in [0.1, 0.15) is 22.3 Å². The highest BCUT2D eigenvalue weighted by atomic mass is 32.2. The van der Waals surface area contributed by atoms with Gasteiger partial charge in [-0.3, -0.25) is 4.79 Å². The number of carbonyl (C=O) groups is 1. The van der Waals surface area contributed by atoms with Gasteiger partial charge in [-0.2, -0.15) is 0 Å². The Morgan fingerprint density at radius 1 is 1.39 bits per heavy atom. The first kappa shape index (κ1) is 11.4. The van der Waals surface area contributed by atoms with Crippen LogP contribution in [0.2, 0.25) is 0 Å². The largest absolute Gasteiger partial charge is 0.293 e. The summed E-state index contributed by atoms with van der Waals surface area (Å²) >= 11 is 1.45. The topological polar surface area (TPSA) is 60.7 Å². The van der Waals surface area contributed by atoms with Gasteiger partial charge < -0.3 is 0 Å². The second kappa shape index (κ2) is 4.53. The van der Waals surface area contributed by atoms with Crippen molar-refractivity contribution in [2.75, 3.05) is 0 Å². The number of benzene rings is 1. The molecule has 0 radical (unpaired) electrons. The first-order chi connectivity index (χ1) is 8.75. The Bertz CT molecular complexity index is 595. The second-order valence-corrected chi connectivity index (χ2v) is 5.42. The van der Waals surface area contributed by atoms with Crippen molar-refractivity contribution in [3.05, 3.63) is 35.4 Å². The van der Waals surface area contributed by atoms with E-state index < -0.39 is 0 Å². The molecule has 0 N–H and O–H groups in total. The van der Waals surface area contributed by atoms with E-state index in [1.807, 2.05) is 24.3 Å². The molecule has 0 aliphatic heterocycles. The predicted molar refractivity (Wildman–Crippen MR) is 67.5 cm³/mol. The zero-order chi connectivity index (χ0) is 12.5. The lowest BCUT2D eigenvalue weighted by atomic mass is 9.90. The maximum atomic E-state index is 12.4.